The summed E-state index contributed by atoms with van der Waals surface area (Å²) in [6.45, 7) is 0.00619. The quantitative estimate of drug-likeness (QED) is 0.442. The SMILES string of the molecule is O=C1OCc2cc([N+](=O)[O-])c(SF)cc21. The lowest BCUT2D eigenvalue weighted by atomic mass is 10.1. The van der Waals surface area contributed by atoms with E-state index in [0.29, 0.717) is 5.56 Å². The van der Waals surface area contributed by atoms with Crippen molar-refractivity contribution >= 4 is 23.8 Å². The van der Waals surface area contributed by atoms with E-state index in [-0.39, 0.29) is 34.9 Å². The monoisotopic (exact) mass is 229 g/mol. The first-order valence-electron chi connectivity index (χ1n) is 3.90. The highest BCUT2D eigenvalue weighted by Gasteiger charge is 2.27. The zero-order valence-corrected chi connectivity index (χ0v) is 8.04. The molecule has 1 aliphatic rings. The van der Waals surface area contributed by atoms with Crippen LogP contribution in [0.25, 0.3) is 0 Å². The van der Waals surface area contributed by atoms with E-state index >= 15 is 0 Å². The largest absolute Gasteiger partial charge is 0.457 e. The van der Waals surface area contributed by atoms with Crippen molar-refractivity contribution in [2.45, 2.75) is 11.5 Å². The van der Waals surface area contributed by atoms with Gasteiger partial charge in [0.25, 0.3) is 5.69 Å². The third kappa shape index (κ3) is 1.54. The van der Waals surface area contributed by atoms with Crippen LogP contribution in [-0.2, 0) is 11.3 Å². The average molecular weight is 229 g/mol. The predicted molar refractivity (Wildman–Crippen MR) is 49.2 cm³/mol. The Labute approximate surface area is 87.7 Å². The summed E-state index contributed by atoms with van der Waals surface area (Å²) in [6.07, 6.45) is 0. The van der Waals surface area contributed by atoms with Crippen molar-refractivity contribution in [2.75, 3.05) is 0 Å². The van der Waals surface area contributed by atoms with Gasteiger partial charge in [0.05, 0.1) is 22.6 Å². The fourth-order valence-electron chi connectivity index (χ4n) is 1.35. The summed E-state index contributed by atoms with van der Waals surface area (Å²) in [5, 5.41) is 10.6. The molecule has 0 aromatic heterocycles. The third-order valence-electron chi connectivity index (χ3n) is 2.04. The third-order valence-corrected chi connectivity index (χ3v) is 2.54. The second-order valence-electron chi connectivity index (χ2n) is 2.89. The van der Waals surface area contributed by atoms with Crippen molar-refractivity contribution < 1.29 is 18.3 Å². The van der Waals surface area contributed by atoms with Crippen LogP contribution in [0.4, 0.5) is 9.57 Å². The van der Waals surface area contributed by atoms with Gasteiger partial charge in [0.1, 0.15) is 11.5 Å². The summed E-state index contributed by atoms with van der Waals surface area (Å²) in [6, 6.07) is 2.32. The summed E-state index contributed by atoms with van der Waals surface area (Å²) < 4.78 is 17.1. The van der Waals surface area contributed by atoms with Crippen LogP contribution in [0.2, 0.25) is 0 Å². The Balaban J connectivity index is 2.61. The molecular formula is C8H4FNO4S. The molecule has 1 aromatic rings. The second kappa shape index (κ2) is 3.50. The summed E-state index contributed by atoms with van der Waals surface area (Å²) >= 11 is -0.258. The molecule has 2 rings (SSSR count). The van der Waals surface area contributed by atoms with Gasteiger partial charge in [-0.05, 0) is 6.07 Å². The number of benzene rings is 1. The Kier molecular flexibility index (Phi) is 2.31. The fourth-order valence-corrected chi connectivity index (χ4v) is 1.72. The van der Waals surface area contributed by atoms with E-state index in [9.17, 15) is 18.8 Å². The molecule has 0 N–H and O–H groups in total. The van der Waals surface area contributed by atoms with Gasteiger partial charge in [-0.25, -0.2) is 4.79 Å². The maximum Gasteiger partial charge on any atom is 0.338 e. The molecule has 0 saturated carbocycles. The van der Waals surface area contributed by atoms with Gasteiger partial charge in [0.2, 0.25) is 0 Å². The summed E-state index contributed by atoms with van der Waals surface area (Å²) in [5.41, 5.74) is 0.268. The Morgan fingerprint density at radius 3 is 2.87 bits per heavy atom. The zero-order valence-electron chi connectivity index (χ0n) is 7.23. The number of hydrogen-bond acceptors (Lipinski definition) is 5. The Bertz CT molecular complexity index is 462. The highest BCUT2D eigenvalue weighted by atomic mass is 32.2. The van der Waals surface area contributed by atoms with E-state index in [4.69, 9.17) is 0 Å². The first kappa shape index (κ1) is 9.91. The van der Waals surface area contributed by atoms with E-state index in [1.54, 1.807) is 0 Å². The molecule has 0 saturated heterocycles. The first-order valence-corrected chi connectivity index (χ1v) is 4.62. The number of halogens is 1. The molecule has 0 spiro atoms. The Morgan fingerprint density at radius 1 is 1.53 bits per heavy atom. The predicted octanol–water partition coefficient (Wildman–Crippen LogP) is 2.24. The fraction of sp³-hybridized carbons (Fsp3) is 0.125. The lowest BCUT2D eigenvalue weighted by Crippen LogP contribution is -1.96. The number of nitrogens with zero attached hydrogens (tertiary/aromatic N) is 1. The van der Waals surface area contributed by atoms with E-state index in [1.165, 1.54) is 6.07 Å². The van der Waals surface area contributed by atoms with Crippen LogP contribution in [0.3, 0.4) is 0 Å². The molecule has 0 bridgehead atoms. The van der Waals surface area contributed by atoms with Crippen LogP contribution < -0.4 is 0 Å². The van der Waals surface area contributed by atoms with Gasteiger partial charge in [-0.15, -0.1) is 0 Å². The molecule has 1 aromatic carbocycles. The molecule has 0 aliphatic carbocycles. The van der Waals surface area contributed by atoms with E-state index in [2.05, 4.69) is 4.74 Å². The van der Waals surface area contributed by atoms with E-state index < -0.39 is 10.9 Å². The minimum Gasteiger partial charge on any atom is -0.457 e. The number of carbonyl (C=O) groups is 1. The first-order chi connectivity index (χ1) is 7.13. The van der Waals surface area contributed by atoms with Crippen LogP contribution in [0.1, 0.15) is 15.9 Å². The molecule has 0 unspecified atom stereocenters. The normalized spacial score (nSPS) is 13.5. The van der Waals surface area contributed by atoms with Gasteiger partial charge in [-0.2, -0.15) is 3.89 Å². The van der Waals surface area contributed by atoms with Crippen molar-refractivity contribution in [3.05, 3.63) is 33.4 Å². The highest BCUT2D eigenvalue weighted by molar-refractivity contribution is 7.94. The van der Waals surface area contributed by atoms with Crippen LogP contribution in [0, 0.1) is 10.1 Å². The number of nitro benzene ring substituents is 1. The molecule has 0 atom stereocenters. The minimum atomic E-state index is -0.689. The standard InChI is InChI=1S/C8H4FNO4S/c9-15-7-2-5-4(3-14-8(5)11)1-6(7)10(12)13/h1-2H,3H2. The summed E-state index contributed by atoms with van der Waals surface area (Å²) in [5.74, 6) is -0.574. The average Bonchev–Trinajstić information content (AvgIpc) is 2.58. The van der Waals surface area contributed by atoms with Crippen LogP contribution >= 0.6 is 12.1 Å². The van der Waals surface area contributed by atoms with E-state index in [0.717, 1.165) is 6.07 Å². The topological polar surface area (TPSA) is 69.4 Å². The molecular weight excluding hydrogens is 225 g/mol. The van der Waals surface area contributed by atoms with Crippen LogP contribution in [0.15, 0.2) is 17.0 Å². The Hall–Kier alpha value is -1.63. The van der Waals surface area contributed by atoms with Gasteiger partial charge in [-0.1, -0.05) is 0 Å². The van der Waals surface area contributed by atoms with E-state index in [1.807, 2.05) is 0 Å². The highest BCUT2D eigenvalue weighted by Crippen LogP contribution is 2.35. The van der Waals surface area contributed by atoms with Crippen molar-refractivity contribution in [1.82, 2.24) is 0 Å². The zero-order chi connectivity index (χ0) is 11.0. The summed E-state index contributed by atoms with van der Waals surface area (Å²) in [7, 11) is 0. The van der Waals surface area contributed by atoms with Crippen molar-refractivity contribution in [3.8, 4) is 0 Å². The minimum absolute atomic E-state index is 0.00619. The van der Waals surface area contributed by atoms with Gasteiger partial charge in [-0.3, -0.25) is 10.1 Å². The maximum atomic E-state index is 12.4. The maximum absolute atomic E-state index is 12.4. The number of hydrogen-bond donors (Lipinski definition) is 0. The lowest BCUT2D eigenvalue weighted by molar-refractivity contribution is -0.387. The van der Waals surface area contributed by atoms with Crippen molar-refractivity contribution in [2.24, 2.45) is 0 Å². The van der Waals surface area contributed by atoms with Crippen molar-refractivity contribution in [3.63, 3.8) is 0 Å². The molecule has 0 amide bonds. The van der Waals surface area contributed by atoms with Gasteiger partial charge in [0.15, 0.2) is 0 Å². The number of rotatable bonds is 2. The number of cyclic esters (lactones) is 1. The van der Waals surface area contributed by atoms with Crippen molar-refractivity contribution in [1.29, 1.82) is 0 Å². The van der Waals surface area contributed by atoms with Crippen LogP contribution in [0.5, 0.6) is 0 Å². The van der Waals surface area contributed by atoms with Gasteiger partial charge >= 0.3 is 5.97 Å². The smallest absolute Gasteiger partial charge is 0.338 e. The molecule has 78 valence electrons. The molecule has 15 heavy (non-hydrogen) atoms. The number of fused-ring (bicyclic) bond motifs is 1. The number of esters is 1. The molecule has 7 heteroatoms. The number of carbonyl (C=O) groups excluding carboxylic acids is 1. The number of ether oxygens (including phenoxy) is 1. The van der Waals surface area contributed by atoms with Gasteiger partial charge in [0, 0.05) is 11.6 Å². The second-order valence-corrected chi connectivity index (χ2v) is 3.48. The Morgan fingerprint density at radius 2 is 2.27 bits per heavy atom. The van der Waals surface area contributed by atoms with Gasteiger partial charge < -0.3 is 4.74 Å². The number of nitro groups is 1. The molecule has 0 fully saturated rings. The molecule has 1 heterocycles. The molecule has 1 aliphatic heterocycles. The molecule has 0 radical (unpaired) electrons. The molecule has 5 nitrogen and oxygen atoms in total. The van der Waals surface area contributed by atoms with Crippen LogP contribution in [-0.4, -0.2) is 10.9 Å². The summed E-state index contributed by atoms with van der Waals surface area (Å²) in [4.78, 5) is 20.8. The lowest BCUT2D eigenvalue weighted by Gasteiger charge is -1.99.